The number of ether oxygens (including phenoxy) is 1. The molecule has 0 rings (SSSR count). The molecule has 0 aliphatic heterocycles. The topological polar surface area (TPSA) is 104 Å². The summed E-state index contributed by atoms with van der Waals surface area (Å²) < 4.78 is 3.56. The number of rotatable bonds is 3. The number of carbonyl (C=O) groups excluding carboxylic acids is 2. The monoisotopic (exact) mass is 164 g/mol. The van der Waals surface area contributed by atoms with E-state index in [-0.39, 0.29) is 0 Å². The second-order valence-electron chi connectivity index (χ2n) is 1.93. The van der Waals surface area contributed by atoms with Gasteiger partial charge in [-0.3, -0.25) is 9.59 Å². The number of ketones is 1. The summed E-state index contributed by atoms with van der Waals surface area (Å²) in [6.07, 6.45) is -4.10. The van der Waals surface area contributed by atoms with Crippen LogP contribution < -0.4 is 0 Å². The van der Waals surface area contributed by atoms with Crippen LogP contribution in [0, 0.1) is 0 Å². The smallest absolute Gasteiger partial charge is 0.384 e. The van der Waals surface area contributed by atoms with E-state index in [1.807, 2.05) is 0 Å². The van der Waals surface area contributed by atoms with E-state index in [0.29, 0.717) is 0 Å². The van der Waals surface area contributed by atoms with E-state index >= 15 is 0 Å². The van der Waals surface area contributed by atoms with Crippen molar-refractivity contribution in [1.82, 2.24) is 0 Å². The molecule has 6 nitrogen and oxygen atoms in total. The van der Waals surface area contributed by atoms with Crippen molar-refractivity contribution < 1.29 is 29.6 Å². The molecule has 6 heteroatoms. The quantitative estimate of drug-likeness (QED) is 0.255. The molecule has 0 aromatic carbocycles. The molecular formula is C5H8O6. The molecule has 0 saturated heterocycles. The molecule has 0 heterocycles. The summed E-state index contributed by atoms with van der Waals surface area (Å²) in [6, 6.07) is 0. The Morgan fingerprint density at radius 2 is 1.82 bits per heavy atom. The first-order valence-corrected chi connectivity index (χ1v) is 2.69. The number of aliphatic hydroxyl groups is 3. The zero-order valence-electron chi connectivity index (χ0n) is 5.77. The molecule has 0 saturated carbocycles. The van der Waals surface area contributed by atoms with Crippen molar-refractivity contribution in [3.63, 3.8) is 0 Å². The van der Waals surface area contributed by atoms with Gasteiger partial charge in [-0.1, -0.05) is 0 Å². The van der Waals surface area contributed by atoms with Crippen LogP contribution in [0.25, 0.3) is 0 Å². The Labute approximate surface area is 62.0 Å². The van der Waals surface area contributed by atoms with Gasteiger partial charge in [0.15, 0.2) is 0 Å². The van der Waals surface area contributed by atoms with Gasteiger partial charge in [-0.15, -0.1) is 0 Å². The number of esters is 1. The maximum absolute atomic E-state index is 10.3. The SMILES string of the molecule is CC(=O)CC(=O)OC(O)(O)O. The van der Waals surface area contributed by atoms with Gasteiger partial charge in [0, 0.05) is 0 Å². The minimum absolute atomic E-state index is 0.501. The predicted octanol–water partition coefficient (Wildman–Crippen LogP) is -1.90. The lowest BCUT2D eigenvalue weighted by Crippen LogP contribution is -2.34. The fourth-order valence-corrected chi connectivity index (χ4v) is 0.392. The Kier molecular flexibility index (Phi) is 3.12. The molecule has 0 aliphatic carbocycles. The normalized spacial score (nSPS) is 10.9. The number of Topliss-reactive ketones (excluding diaryl/α,β-unsaturated/α-hetero) is 1. The first-order chi connectivity index (χ1) is 4.81. The van der Waals surface area contributed by atoms with E-state index in [0.717, 1.165) is 6.92 Å². The van der Waals surface area contributed by atoms with Crippen LogP contribution in [0.3, 0.4) is 0 Å². The van der Waals surface area contributed by atoms with Gasteiger partial charge < -0.3 is 20.1 Å². The lowest BCUT2D eigenvalue weighted by molar-refractivity contribution is -0.435. The second-order valence-corrected chi connectivity index (χ2v) is 1.93. The van der Waals surface area contributed by atoms with Crippen LogP contribution in [-0.4, -0.2) is 33.2 Å². The summed E-state index contributed by atoms with van der Waals surface area (Å²) in [6.45, 7) is 1.12. The zero-order chi connectivity index (χ0) is 9.07. The minimum atomic E-state index is -3.49. The summed E-state index contributed by atoms with van der Waals surface area (Å²) in [5.41, 5.74) is 0. The Balaban J connectivity index is 3.80. The largest absolute Gasteiger partial charge is 0.455 e. The fraction of sp³-hybridized carbons (Fsp3) is 0.600. The number of hydrogen-bond donors (Lipinski definition) is 3. The van der Waals surface area contributed by atoms with Gasteiger partial charge in [0.25, 0.3) is 0 Å². The molecular weight excluding hydrogens is 156 g/mol. The summed E-state index contributed by atoms with van der Waals surface area (Å²) in [7, 11) is 0. The standard InChI is InChI=1S/C5H8O6/c1-3(6)2-4(7)11-5(8,9)10/h8-10H,2H2,1H3. The Hall–Kier alpha value is -0.980. The molecule has 0 aromatic heterocycles. The molecule has 0 unspecified atom stereocenters. The third-order valence-electron chi connectivity index (χ3n) is 0.644. The first kappa shape index (κ1) is 10.0. The van der Waals surface area contributed by atoms with E-state index in [1.54, 1.807) is 0 Å². The molecule has 0 amide bonds. The van der Waals surface area contributed by atoms with Gasteiger partial charge in [0.05, 0.1) is 0 Å². The van der Waals surface area contributed by atoms with Crippen molar-refractivity contribution in [3.05, 3.63) is 0 Å². The van der Waals surface area contributed by atoms with Crippen molar-refractivity contribution in [3.8, 4) is 0 Å². The third-order valence-corrected chi connectivity index (χ3v) is 0.644. The van der Waals surface area contributed by atoms with Crippen LogP contribution in [0.5, 0.6) is 0 Å². The third kappa shape index (κ3) is 6.91. The molecule has 0 fully saturated rings. The molecule has 64 valence electrons. The Bertz CT molecular complexity index is 166. The van der Waals surface area contributed by atoms with Gasteiger partial charge >= 0.3 is 12.1 Å². The second kappa shape index (κ2) is 3.42. The van der Waals surface area contributed by atoms with E-state index in [1.165, 1.54) is 0 Å². The highest BCUT2D eigenvalue weighted by atomic mass is 16.9. The van der Waals surface area contributed by atoms with Gasteiger partial charge in [0.2, 0.25) is 0 Å². The highest BCUT2D eigenvalue weighted by molar-refractivity contribution is 5.94. The van der Waals surface area contributed by atoms with E-state index in [9.17, 15) is 9.59 Å². The highest BCUT2D eigenvalue weighted by Crippen LogP contribution is 1.98. The van der Waals surface area contributed by atoms with E-state index < -0.39 is 24.3 Å². The van der Waals surface area contributed by atoms with Gasteiger partial charge in [0.1, 0.15) is 12.2 Å². The van der Waals surface area contributed by atoms with Gasteiger partial charge in [-0.25, -0.2) is 0 Å². The molecule has 0 radical (unpaired) electrons. The summed E-state index contributed by atoms with van der Waals surface area (Å²) in [5.74, 6) is -1.70. The van der Waals surface area contributed by atoms with Crippen LogP contribution in [0.15, 0.2) is 0 Å². The molecule has 0 aliphatic rings. The lowest BCUT2D eigenvalue weighted by Gasteiger charge is -2.12. The molecule has 3 N–H and O–H groups in total. The number of carbonyl (C=O) groups is 2. The fourth-order valence-electron chi connectivity index (χ4n) is 0.392. The van der Waals surface area contributed by atoms with Gasteiger partial charge in [-0.2, -0.15) is 0 Å². The van der Waals surface area contributed by atoms with Crippen molar-refractivity contribution in [1.29, 1.82) is 0 Å². The first-order valence-electron chi connectivity index (χ1n) is 2.69. The maximum Gasteiger partial charge on any atom is 0.455 e. The van der Waals surface area contributed by atoms with Crippen LogP contribution in [0.2, 0.25) is 0 Å². The maximum atomic E-state index is 10.3. The van der Waals surface area contributed by atoms with Crippen molar-refractivity contribution in [2.24, 2.45) is 0 Å². The highest BCUT2D eigenvalue weighted by Gasteiger charge is 2.24. The van der Waals surface area contributed by atoms with Crippen molar-refractivity contribution >= 4 is 11.8 Å². The predicted molar refractivity (Wildman–Crippen MR) is 30.8 cm³/mol. The van der Waals surface area contributed by atoms with E-state index in [2.05, 4.69) is 4.74 Å². The summed E-state index contributed by atoms with van der Waals surface area (Å²) in [5, 5.41) is 24.2. The average molecular weight is 164 g/mol. The molecule has 0 bridgehead atoms. The van der Waals surface area contributed by atoms with E-state index in [4.69, 9.17) is 15.3 Å². The molecule has 11 heavy (non-hydrogen) atoms. The van der Waals surface area contributed by atoms with Crippen molar-refractivity contribution in [2.45, 2.75) is 19.5 Å². The van der Waals surface area contributed by atoms with Gasteiger partial charge in [-0.05, 0) is 6.92 Å². The number of hydrogen-bond acceptors (Lipinski definition) is 6. The van der Waals surface area contributed by atoms with Crippen LogP contribution in [0.4, 0.5) is 0 Å². The van der Waals surface area contributed by atoms with Crippen LogP contribution in [0.1, 0.15) is 13.3 Å². The van der Waals surface area contributed by atoms with Crippen molar-refractivity contribution in [2.75, 3.05) is 0 Å². The van der Waals surface area contributed by atoms with Crippen LogP contribution in [-0.2, 0) is 14.3 Å². The minimum Gasteiger partial charge on any atom is -0.384 e. The Morgan fingerprint density at radius 3 is 2.09 bits per heavy atom. The molecule has 0 atom stereocenters. The molecule has 0 aromatic rings. The average Bonchev–Trinajstić information content (AvgIpc) is 1.53. The summed E-state index contributed by atoms with van der Waals surface area (Å²) >= 11 is 0. The Morgan fingerprint density at radius 1 is 1.36 bits per heavy atom. The summed E-state index contributed by atoms with van der Waals surface area (Å²) in [4.78, 5) is 20.5. The lowest BCUT2D eigenvalue weighted by atomic mass is 10.3. The van der Waals surface area contributed by atoms with Crippen LogP contribution >= 0.6 is 0 Å². The molecule has 0 spiro atoms. The zero-order valence-corrected chi connectivity index (χ0v) is 5.77.